The zero-order chi connectivity index (χ0) is 30.8. The summed E-state index contributed by atoms with van der Waals surface area (Å²) in [5.41, 5.74) is 5.44. The van der Waals surface area contributed by atoms with E-state index in [9.17, 15) is 14.4 Å². The van der Waals surface area contributed by atoms with Crippen molar-refractivity contribution < 1.29 is 33.3 Å². The van der Waals surface area contributed by atoms with E-state index in [0.29, 0.717) is 35.1 Å². The molecule has 1 aliphatic rings. The average molecular weight is 652 g/mol. The monoisotopic (exact) mass is 650 g/mol. The fourth-order valence-electron chi connectivity index (χ4n) is 4.19. The summed E-state index contributed by atoms with van der Waals surface area (Å²) in [4.78, 5) is 37.1. The molecule has 3 amide bonds. The number of allylic oxidation sites excluding steroid dienone is 1. The molecule has 0 radical (unpaired) electrons. The smallest absolute Gasteiger partial charge is 0.338 e. The van der Waals surface area contributed by atoms with Crippen LogP contribution in [-0.4, -0.2) is 44.4 Å². The lowest BCUT2D eigenvalue weighted by Gasteiger charge is -2.28. The molecule has 4 rings (SSSR count). The van der Waals surface area contributed by atoms with E-state index in [1.54, 1.807) is 32.0 Å². The molecular formula is C31H31BrN4O7. The molecule has 224 valence electrons. The largest absolute Gasteiger partial charge is 0.493 e. The fraction of sp³-hybridized carbons (Fsp3) is 0.226. The molecule has 0 saturated carbocycles. The van der Waals surface area contributed by atoms with E-state index in [1.807, 2.05) is 48.5 Å². The SMILES string of the molecule is CCOC(=O)C1=C(C)NC(=O)N[C@H]1c1ccc(OCC(=O)N/N=C/c2cccc(OCc3ccc(Br)cc3)c2)c(OC)c1. The van der Waals surface area contributed by atoms with E-state index in [0.717, 1.165) is 15.6 Å². The van der Waals surface area contributed by atoms with Gasteiger partial charge >= 0.3 is 12.0 Å². The zero-order valence-corrected chi connectivity index (χ0v) is 25.4. The van der Waals surface area contributed by atoms with Crippen molar-refractivity contribution in [3.63, 3.8) is 0 Å². The molecule has 1 atom stereocenters. The summed E-state index contributed by atoms with van der Waals surface area (Å²) < 4.78 is 23.1. The Bertz CT molecular complexity index is 1540. The Morgan fingerprint density at radius 3 is 2.58 bits per heavy atom. The van der Waals surface area contributed by atoms with Crippen molar-refractivity contribution in [1.29, 1.82) is 0 Å². The van der Waals surface area contributed by atoms with Crippen molar-refractivity contribution in [3.05, 3.63) is 99.2 Å². The van der Waals surface area contributed by atoms with Gasteiger partial charge in [-0.05, 0) is 66.9 Å². The van der Waals surface area contributed by atoms with Gasteiger partial charge in [-0.3, -0.25) is 4.79 Å². The maximum Gasteiger partial charge on any atom is 0.338 e. The van der Waals surface area contributed by atoms with E-state index >= 15 is 0 Å². The quantitative estimate of drug-likeness (QED) is 0.146. The number of urea groups is 1. The van der Waals surface area contributed by atoms with Crippen molar-refractivity contribution in [2.45, 2.75) is 26.5 Å². The lowest BCUT2D eigenvalue weighted by Crippen LogP contribution is -2.45. The summed E-state index contributed by atoms with van der Waals surface area (Å²) in [6.45, 7) is 3.60. The third kappa shape index (κ3) is 8.58. The van der Waals surface area contributed by atoms with Crippen LogP contribution in [0.5, 0.6) is 17.2 Å². The second-order valence-electron chi connectivity index (χ2n) is 9.27. The first-order valence-electron chi connectivity index (χ1n) is 13.3. The molecule has 0 aliphatic carbocycles. The Hall–Kier alpha value is -4.84. The molecule has 1 heterocycles. The first-order valence-corrected chi connectivity index (χ1v) is 14.1. The molecule has 3 aromatic carbocycles. The number of hydrogen-bond acceptors (Lipinski definition) is 8. The molecule has 11 nitrogen and oxygen atoms in total. The number of rotatable bonds is 12. The summed E-state index contributed by atoms with van der Waals surface area (Å²) >= 11 is 3.42. The number of halogens is 1. The van der Waals surface area contributed by atoms with Gasteiger partial charge < -0.3 is 29.6 Å². The van der Waals surface area contributed by atoms with Gasteiger partial charge in [-0.25, -0.2) is 15.0 Å². The molecule has 0 aromatic heterocycles. The first-order chi connectivity index (χ1) is 20.8. The third-order valence-electron chi connectivity index (χ3n) is 6.22. The van der Waals surface area contributed by atoms with Crippen molar-refractivity contribution in [3.8, 4) is 17.2 Å². The van der Waals surface area contributed by atoms with Crippen LogP contribution in [-0.2, 0) is 20.9 Å². The lowest BCUT2D eigenvalue weighted by molar-refractivity contribution is -0.139. The Balaban J connectivity index is 1.33. The van der Waals surface area contributed by atoms with E-state index in [2.05, 4.69) is 37.1 Å². The highest BCUT2D eigenvalue weighted by atomic mass is 79.9. The number of amides is 3. The van der Waals surface area contributed by atoms with Gasteiger partial charge in [-0.15, -0.1) is 0 Å². The minimum absolute atomic E-state index is 0.187. The molecule has 43 heavy (non-hydrogen) atoms. The third-order valence-corrected chi connectivity index (χ3v) is 6.75. The van der Waals surface area contributed by atoms with Crippen LogP contribution in [0.3, 0.4) is 0 Å². The molecule has 0 spiro atoms. The van der Waals surface area contributed by atoms with Gasteiger partial charge in [0.1, 0.15) is 12.4 Å². The van der Waals surface area contributed by atoms with Gasteiger partial charge in [0.2, 0.25) is 0 Å². The average Bonchev–Trinajstić information content (AvgIpc) is 2.99. The van der Waals surface area contributed by atoms with Gasteiger partial charge in [-0.2, -0.15) is 5.10 Å². The number of benzene rings is 3. The second kappa shape index (κ2) is 14.9. The maximum absolute atomic E-state index is 12.6. The van der Waals surface area contributed by atoms with Crippen LogP contribution < -0.4 is 30.3 Å². The normalized spacial score (nSPS) is 14.5. The van der Waals surface area contributed by atoms with E-state index in [-0.39, 0.29) is 18.8 Å². The van der Waals surface area contributed by atoms with Crippen molar-refractivity contribution in [2.75, 3.05) is 20.3 Å². The van der Waals surface area contributed by atoms with E-state index < -0.39 is 23.9 Å². The zero-order valence-electron chi connectivity index (χ0n) is 23.8. The van der Waals surface area contributed by atoms with Crippen LogP contribution in [0, 0.1) is 0 Å². The Morgan fingerprint density at radius 2 is 1.84 bits per heavy atom. The topological polar surface area (TPSA) is 137 Å². The molecule has 3 aromatic rings. The summed E-state index contributed by atoms with van der Waals surface area (Å²) in [5.74, 6) is 0.232. The van der Waals surface area contributed by atoms with Crippen molar-refractivity contribution >= 4 is 40.1 Å². The number of ether oxygens (including phenoxy) is 4. The Morgan fingerprint density at radius 1 is 1.05 bits per heavy atom. The summed E-state index contributed by atoms with van der Waals surface area (Å²) in [6.07, 6.45) is 1.50. The van der Waals surface area contributed by atoms with Crippen LogP contribution >= 0.6 is 15.9 Å². The molecule has 0 bridgehead atoms. The standard InChI is InChI=1S/C31H31BrN4O7/c1-4-41-30(38)28-19(2)34-31(39)35-29(28)22-10-13-25(26(15-22)40-3)43-18-27(37)36-33-16-21-6-5-7-24(14-21)42-17-20-8-11-23(32)12-9-20/h5-16,29H,4,17-18H2,1-3H3,(H,36,37)(H2,34,35,39)/b33-16+/t29-/m0/s1. The highest BCUT2D eigenvalue weighted by Gasteiger charge is 2.32. The number of nitrogens with one attached hydrogen (secondary N) is 3. The lowest BCUT2D eigenvalue weighted by atomic mass is 9.95. The molecule has 0 saturated heterocycles. The number of methoxy groups -OCH3 is 1. The van der Waals surface area contributed by atoms with E-state index in [1.165, 1.54) is 13.3 Å². The molecule has 12 heteroatoms. The Labute approximate surface area is 257 Å². The van der Waals surface area contributed by atoms with Crippen LogP contribution in [0.2, 0.25) is 0 Å². The molecule has 0 unspecified atom stereocenters. The van der Waals surface area contributed by atoms with Gasteiger partial charge in [0, 0.05) is 10.2 Å². The number of esters is 1. The van der Waals surface area contributed by atoms with Crippen LogP contribution in [0.4, 0.5) is 4.79 Å². The first kappa shape index (κ1) is 31.1. The summed E-state index contributed by atoms with van der Waals surface area (Å²) in [7, 11) is 1.45. The predicted octanol–water partition coefficient (Wildman–Crippen LogP) is 4.76. The number of hydrogen-bond donors (Lipinski definition) is 3. The van der Waals surface area contributed by atoms with Gasteiger partial charge in [0.15, 0.2) is 18.1 Å². The minimum Gasteiger partial charge on any atom is -0.493 e. The minimum atomic E-state index is -0.766. The summed E-state index contributed by atoms with van der Waals surface area (Å²) in [6, 6.07) is 18.9. The van der Waals surface area contributed by atoms with Gasteiger partial charge in [0.25, 0.3) is 5.91 Å². The molecule has 0 fully saturated rings. The number of nitrogens with zero attached hydrogens (tertiary/aromatic N) is 1. The van der Waals surface area contributed by atoms with Gasteiger partial charge in [0.05, 0.1) is 31.5 Å². The fourth-order valence-corrected chi connectivity index (χ4v) is 4.46. The van der Waals surface area contributed by atoms with Crippen molar-refractivity contribution in [1.82, 2.24) is 16.1 Å². The maximum atomic E-state index is 12.6. The molecular weight excluding hydrogens is 620 g/mol. The summed E-state index contributed by atoms with van der Waals surface area (Å²) in [5, 5.41) is 9.33. The van der Waals surface area contributed by atoms with Crippen LogP contribution in [0.25, 0.3) is 0 Å². The number of hydrazone groups is 1. The predicted molar refractivity (Wildman–Crippen MR) is 163 cm³/mol. The van der Waals surface area contributed by atoms with Crippen molar-refractivity contribution in [2.24, 2.45) is 5.10 Å². The van der Waals surface area contributed by atoms with E-state index in [4.69, 9.17) is 18.9 Å². The highest BCUT2D eigenvalue weighted by Crippen LogP contribution is 2.34. The highest BCUT2D eigenvalue weighted by molar-refractivity contribution is 9.10. The Kier molecular flexibility index (Phi) is 10.8. The van der Waals surface area contributed by atoms with Gasteiger partial charge in [-0.1, -0.05) is 46.3 Å². The van der Waals surface area contributed by atoms with Crippen LogP contribution in [0.15, 0.2) is 87.6 Å². The van der Waals surface area contributed by atoms with Crippen LogP contribution in [0.1, 0.15) is 36.6 Å². The number of carbonyl (C=O) groups excluding carboxylic acids is 3. The second-order valence-corrected chi connectivity index (χ2v) is 10.2. The molecule has 3 N–H and O–H groups in total. The molecule has 1 aliphatic heterocycles. The number of carbonyl (C=O) groups is 3.